The fourth-order valence-electron chi connectivity index (χ4n) is 3.76. The molecule has 0 aromatic heterocycles. The zero-order valence-electron chi connectivity index (χ0n) is 24.0. The molecule has 0 aliphatic carbocycles. The van der Waals surface area contributed by atoms with E-state index in [0.29, 0.717) is 0 Å². The quantitative estimate of drug-likeness (QED) is 0.183. The Hall–Kier alpha value is -5.13. The topological polar surface area (TPSA) is 78.9 Å². The monoisotopic (exact) mass is 782 g/mol. The molecule has 0 radical (unpaired) electrons. The molecular formula is C27H9BF18O6. The molecule has 0 unspecified atom stereocenters. The molecule has 0 N–H and O–H groups in total. The summed E-state index contributed by atoms with van der Waals surface area (Å²) in [5.74, 6) is -7.49. The Labute approximate surface area is 275 Å². The molecule has 0 heterocycles. The molecule has 3 aromatic carbocycles. The van der Waals surface area contributed by atoms with Crippen LogP contribution in [0, 0.1) is 0 Å². The zero-order chi connectivity index (χ0) is 40.0. The molecule has 0 saturated heterocycles. The highest BCUT2D eigenvalue weighted by Gasteiger charge is 2.44. The van der Waals surface area contributed by atoms with E-state index >= 15 is 0 Å². The molecule has 0 bridgehead atoms. The minimum atomic E-state index is -5.63. The molecule has 0 amide bonds. The van der Waals surface area contributed by atoms with E-state index < -0.39 is 131 Å². The predicted molar refractivity (Wildman–Crippen MR) is 131 cm³/mol. The molecule has 3 rings (SSSR count). The van der Waals surface area contributed by atoms with Crippen LogP contribution in [0.15, 0.2) is 54.6 Å². The number of hydrogen-bond acceptors (Lipinski definition) is 6. The van der Waals surface area contributed by atoms with E-state index in [-0.39, 0.29) is 36.4 Å². The number of carbonyl (C=O) groups excluding carboxylic acids is 3. The number of rotatable bonds is 6. The van der Waals surface area contributed by atoms with Gasteiger partial charge in [-0.1, -0.05) is 0 Å². The van der Waals surface area contributed by atoms with Crippen LogP contribution in [0.4, 0.5) is 79.0 Å². The maximum absolute atomic E-state index is 13.3. The molecular weight excluding hydrogens is 773 g/mol. The molecule has 0 spiro atoms. The molecule has 0 saturated carbocycles. The van der Waals surface area contributed by atoms with Crippen molar-refractivity contribution in [3.05, 3.63) is 105 Å². The van der Waals surface area contributed by atoms with Crippen molar-refractivity contribution in [3.8, 4) is 0 Å². The molecule has 0 atom stereocenters. The van der Waals surface area contributed by atoms with E-state index in [2.05, 4.69) is 14.0 Å². The lowest BCUT2D eigenvalue weighted by atomic mass is 10.0. The van der Waals surface area contributed by atoms with E-state index in [4.69, 9.17) is 0 Å². The summed E-state index contributed by atoms with van der Waals surface area (Å²) in [6, 6.07) is -3.63. The van der Waals surface area contributed by atoms with Gasteiger partial charge in [0.1, 0.15) is 0 Å². The standard InChI is InChI=1S/C27H9BF18O6/c29-22(30,31)13-1-10(2-14(7-13)23(32,33)34)19(47)50-28(51-20(48)11-3-15(24(35,36)37)8-16(4-11)25(38,39)40)52-21(49)12-5-17(26(41,42)43)9-18(6-12)27(44,45)46/h1-9H. The molecule has 0 aliphatic rings. The van der Waals surface area contributed by atoms with Crippen LogP contribution in [0.25, 0.3) is 0 Å². The van der Waals surface area contributed by atoms with Gasteiger partial charge >= 0.3 is 62.3 Å². The van der Waals surface area contributed by atoms with E-state index in [1.54, 1.807) is 0 Å². The highest BCUT2D eigenvalue weighted by atomic mass is 19.4. The van der Waals surface area contributed by atoms with Crippen LogP contribution >= 0.6 is 0 Å². The van der Waals surface area contributed by atoms with Gasteiger partial charge in [-0.15, -0.1) is 0 Å². The highest BCUT2D eigenvalue weighted by Crippen LogP contribution is 2.39. The second-order valence-electron chi connectivity index (χ2n) is 9.89. The number of halogens is 18. The summed E-state index contributed by atoms with van der Waals surface area (Å²) in [6.45, 7) is 0. The van der Waals surface area contributed by atoms with Gasteiger partial charge in [-0.2, -0.15) is 79.0 Å². The highest BCUT2D eigenvalue weighted by molar-refractivity contribution is 6.45. The van der Waals surface area contributed by atoms with Gasteiger partial charge in [0.05, 0.1) is 50.1 Å². The van der Waals surface area contributed by atoms with Gasteiger partial charge < -0.3 is 14.0 Å². The van der Waals surface area contributed by atoms with Crippen LogP contribution in [0.3, 0.4) is 0 Å². The molecule has 282 valence electrons. The molecule has 25 heteroatoms. The molecule has 52 heavy (non-hydrogen) atoms. The first kappa shape index (κ1) is 41.3. The Balaban J connectivity index is 2.16. The minimum absolute atomic E-state index is 0.344. The van der Waals surface area contributed by atoms with Crippen molar-refractivity contribution in [2.75, 3.05) is 0 Å². The average molecular weight is 782 g/mol. The molecule has 0 fully saturated rings. The van der Waals surface area contributed by atoms with Crippen molar-refractivity contribution in [2.24, 2.45) is 0 Å². The Morgan fingerprint density at radius 2 is 0.481 bits per heavy atom. The van der Waals surface area contributed by atoms with Crippen LogP contribution in [0.5, 0.6) is 0 Å². The Kier molecular flexibility index (Phi) is 10.9. The Bertz CT molecular complexity index is 1540. The number of carbonyl (C=O) groups is 3. The molecule has 3 aromatic rings. The minimum Gasteiger partial charge on any atom is -0.458 e. The van der Waals surface area contributed by atoms with Gasteiger partial charge in [0.2, 0.25) is 0 Å². The van der Waals surface area contributed by atoms with E-state index in [1.807, 2.05) is 0 Å². The first-order valence-corrected chi connectivity index (χ1v) is 12.8. The van der Waals surface area contributed by atoms with E-state index in [9.17, 15) is 93.4 Å². The lowest BCUT2D eigenvalue weighted by Gasteiger charge is -2.18. The first-order chi connectivity index (χ1) is 23.3. The lowest BCUT2D eigenvalue weighted by Crippen LogP contribution is -2.35. The number of hydrogen-bond donors (Lipinski definition) is 0. The summed E-state index contributed by atoms with van der Waals surface area (Å²) in [5, 5.41) is 0. The smallest absolute Gasteiger partial charge is 0.458 e. The third-order valence-electron chi connectivity index (χ3n) is 6.08. The third kappa shape index (κ3) is 10.5. The van der Waals surface area contributed by atoms with Gasteiger partial charge in [-0.3, -0.25) is 0 Å². The first-order valence-electron chi connectivity index (χ1n) is 12.8. The second kappa shape index (κ2) is 13.8. The van der Waals surface area contributed by atoms with Crippen molar-refractivity contribution < 1.29 is 107 Å². The Morgan fingerprint density at radius 1 is 0.327 bits per heavy atom. The maximum atomic E-state index is 13.3. The predicted octanol–water partition coefficient (Wildman–Crippen LogP) is 9.66. The third-order valence-corrected chi connectivity index (χ3v) is 6.08. The maximum Gasteiger partial charge on any atom is 0.870 e. The van der Waals surface area contributed by atoms with Crippen molar-refractivity contribution >= 4 is 25.2 Å². The van der Waals surface area contributed by atoms with Crippen LogP contribution in [0.1, 0.15) is 64.5 Å². The summed E-state index contributed by atoms with van der Waals surface area (Å²) in [6.07, 6.45) is -33.8. The van der Waals surface area contributed by atoms with Crippen molar-refractivity contribution in [2.45, 2.75) is 37.1 Å². The number of alkyl halides is 18. The average Bonchev–Trinajstić information content (AvgIpc) is 2.97. The van der Waals surface area contributed by atoms with Crippen LogP contribution < -0.4 is 0 Å². The summed E-state index contributed by atoms with van der Waals surface area (Å²) in [7, 11) is -3.65. The van der Waals surface area contributed by atoms with E-state index in [1.165, 1.54) is 0 Å². The fraction of sp³-hybridized carbons (Fsp3) is 0.222. The SMILES string of the molecule is O=C(OB(OC(=O)c1cc(C(F)(F)F)cc(C(F)(F)F)c1)OC(=O)c1cc(C(F)(F)F)cc(C(F)(F)F)c1)c1cc(C(F)(F)F)cc(C(F)(F)F)c1. The van der Waals surface area contributed by atoms with Crippen LogP contribution in [0.2, 0.25) is 0 Å². The van der Waals surface area contributed by atoms with Gasteiger partial charge in [0.25, 0.3) is 0 Å². The summed E-state index contributed by atoms with van der Waals surface area (Å²) in [5.41, 5.74) is -18.5. The molecule has 6 nitrogen and oxygen atoms in total. The number of benzene rings is 3. The Morgan fingerprint density at radius 3 is 0.615 bits per heavy atom. The lowest BCUT2D eigenvalue weighted by molar-refractivity contribution is -0.144. The normalized spacial score (nSPS) is 13.0. The van der Waals surface area contributed by atoms with Crippen LogP contribution in [-0.2, 0) is 51.0 Å². The van der Waals surface area contributed by atoms with E-state index in [0.717, 1.165) is 0 Å². The second-order valence-corrected chi connectivity index (χ2v) is 9.89. The van der Waals surface area contributed by atoms with Crippen molar-refractivity contribution in [1.82, 2.24) is 0 Å². The zero-order valence-corrected chi connectivity index (χ0v) is 24.0. The molecule has 0 aliphatic heterocycles. The summed E-state index contributed by atoms with van der Waals surface area (Å²) in [4.78, 5) is 38.0. The van der Waals surface area contributed by atoms with Gasteiger partial charge in [0.15, 0.2) is 0 Å². The van der Waals surface area contributed by atoms with Crippen molar-refractivity contribution in [1.29, 1.82) is 0 Å². The largest absolute Gasteiger partial charge is 0.870 e. The summed E-state index contributed by atoms with van der Waals surface area (Å²) < 4.78 is 251. The fourth-order valence-corrected chi connectivity index (χ4v) is 3.76. The van der Waals surface area contributed by atoms with Crippen molar-refractivity contribution in [3.63, 3.8) is 0 Å². The summed E-state index contributed by atoms with van der Waals surface area (Å²) >= 11 is 0. The van der Waals surface area contributed by atoms with Crippen LogP contribution in [-0.4, -0.2) is 25.2 Å². The van der Waals surface area contributed by atoms with Gasteiger partial charge in [0, 0.05) is 0 Å². The van der Waals surface area contributed by atoms with Gasteiger partial charge in [-0.05, 0) is 54.6 Å². The van der Waals surface area contributed by atoms with Gasteiger partial charge in [-0.25, -0.2) is 14.4 Å².